The fourth-order valence-corrected chi connectivity index (χ4v) is 1.70. The molecule has 1 N–H and O–H groups in total. The van der Waals surface area contributed by atoms with Crippen molar-refractivity contribution in [2.45, 2.75) is 31.5 Å². The summed E-state index contributed by atoms with van der Waals surface area (Å²) in [6, 6.07) is 4.41. The summed E-state index contributed by atoms with van der Waals surface area (Å²) in [5, 5.41) is 9.14. The van der Waals surface area contributed by atoms with Crippen LogP contribution < -0.4 is 0 Å². The van der Waals surface area contributed by atoms with E-state index in [4.69, 9.17) is 9.52 Å². The number of aliphatic hydroxyl groups excluding tert-OH is 1. The number of aliphatic hydroxyl groups is 1. The second kappa shape index (κ2) is 3.52. The number of rotatable bonds is 3. The van der Waals surface area contributed by atoms with Crippen LogP contribution in [0.3, 0.4) is 0 Å². The fraction of sp³-hybridized carbons (Fsp3) is 0.600. The van der Waals surface area contributed by atoms with Gasteiger partial charge in [0.05, 0.1) is 18.9 Å². The van der Waals surface area contributed by atoms with E-state index in [0.29, 0.717) is 6.04 Å². The van der Waals surface area contributed by atoms with Crippen molar-refractivity contribution in [2.75, 3.05) is 7.05 Å². The lowest BCUT2D eigenvalue weighted by Gasteiger charge is -2.38. The molecular weight excluding hydrogens is 166 g/mol. The van der Waals surface area contributed by atoms with Gasteiger partial charge in [-0.3, -0.25) is 4.90 Å². The molecule has 2 rings (SSSR count). The average Bonchev–Trinajstić information content (AvgIpc) is 2.51. The Morgan fingerprint density at radius 1 is 1.62 bits per heavy atom. The molecule has 3 heteroatoms. The van der Waals surface area contributed by atoms with Crippen molar-refractivity contribution in [1.82, 2.24) is 4.90 Å². The van der Waals surface area contributed by atoms with E-state index in [1.165, 1.54) is 0 Å². The Kier molecular flexibility index (Phi) is 2.38. The smallest absolute Gasteiger partial charge is 0.117 e. The zero-order valence-electron chi connectivity index (χ0n) is 7.81. The highest BCUT2D eigenvalue weighted by atomic mass is 16.3. The Balaban J connectivity index is 1.82. The van der Waals surface area contributed by atoms with Crippen LogP contribution in [0, 0.1) is 0 Å². The van der Waals surface area contributed by atoms with E-state index in [1.54, 1.807) is 6.26 Å². The molecule has 72 valence electrons. The van der Waals surface area contributed by atoms with Crippen LogP contribution in [-0.4, -0.2) is 29.2 Å². The van der Waals surface area contributed by atoms with E-state index in [1.807, 2.05) is 12.1 Å². The first-order valence-corrected chi connectivity index (χ1v) is 4.66. The Morgan fingerprint density at radius 2 is 2.38 bits per heavy atom. The standard InChI is InChI=1S/C10H15NO2/c1-11(8-5-9(12)6-8)7-10-3-2-4-13-10/h2-4,8-9,12H,5-7H2,1H3. The molecule has 0 aliphatic heterocycles. The minimum atomic E-state index is -0.0796. The van der Waals surface area contributed by atoms with Gasteiger partial charge in [0.15, 0.2) is 0 Å². The molecule has 1 aliphatic carbocycles. The summed E-state index contributed by atoms with van der Waals surface area (Å²) in [5.74, 6) is 0.990. The van der Waals surface area contributed by atoms with Gasteiger partial charge in [-0.2, -0.15) is 0 Å². The summed E-state index contributed by atoms with van der Waals surface area (Å²) in [4.78, 5) is 2.23. The molecule has 1 aliphatic rings. The minimum Gasteiger partial charge on any atom is -0.468 e. The molecular formula is C10H15NO2. The van der Waals surface area contributed by atoms with Gasteiger partial charge in [0.25, 0.3) is 0 Å². The van der Waals surface area contributed by atoms with Crippen LogP contribution in [0.1, 0.15) is 18.6 Å². The first-order valence-electron chi connectivity index (χ1n) is 4.66. The number of hydrogen-bond acceptors (Lipinski definition) is 3. The third-order valence-corrected chi connectivity index (χ3v) is 2.70. The van der Waals surface area contributed by atoms with Gasteiger partial charge in [-0.1, -0.05) is 0 Å². The van der Waals surface area contributed by atoms with Gasteiger partial charge in [0, 0.05) is 6.04 Å². The monoisotopic (exact) mass is 181 g/mol. The Morgan fingerprint density at radius 3 is 2.92 bits per heavy atom. The summed E-state index contributed by atoms with van der Waals surface area (Å²) in [5.41, 5.74) is 0. The van der Waals surface area contributed by atoms with Gasteiger partial charge < -0.3 is 9.52 Å². The normalized spacial score (nSPS) is 27.6. The van der Waals surface area contributed by atoms with Crippen molar-refractivity contribution in [3.63, 3.8) is 0 Å². The first kappa shape index (κ1) is 8.78. The number of nitrogens with zero attached hydrogens (tertiary/aromatic N) is 1. The predicted molar refractivity (Wildman–Crippen MR) is 49.2 cm³/mol. The van der Waals surface area contributed by atoms with Gasteiger partial charge in [-0.25, -0.2) is 0 Å². The van der Waals surface area contributed by atoms with Gasteiger partial charge in [-0.15, -0.1) is 0 Å². The molecule has 13 heavy (non-hydrogen) atoms. The van der Waals surface area contributed by atoms with Crippen LogP contribution in [0.4, 0.5) is 0 Å². The molecule has 0 amide bonds. The van der Waals surface area contributed by atoms with E-state index in [2.05, 4.69) is 11.9 Å². The molecule has 0 radical (unpaired) electrons. The van der Waals surface area contributed by atoms with Crippen molar-refractivity contribution in [2.24, 2.45) is 0 Å². The zero-order valence-corrected chi connectivity index (χ0v) is 7.81. The molecule has 0 aromatic carbocycles. The van der Waals surface area contributed by atoms with Gasteiger partial charge in [-0.05, 0) is 32.0 Å². The summed E-state index contributed by atoms with van der Waals surface area (Å²) in [7, 11) is 2.07. The predicted octanol–water partition coefficient (Wildman–Crippen LogP) is 1.23. The molecule has 0 atom stereocenters. The molecule has 1 saturated carbocycles. The second-order valence-corrected chi connectivity index (χ2v) is 3.77. The molecule has 0 saturated heterocycles. The highest BCUT2D eigenvalue weighted by Crippen LogP contribution is 2.25. The topological polar surface area (TPSA) is 36.6 Å². The molecule has 1 heterocycles. The quantitative estimate of drug-likeness (QED) is 0.762. The van der Waals surface area contributed by atoms with Gasteiger partial charge in [0.2, 0.25) is 0 Å². The lowest BCUT2D eigenvalue weighted by molar-refractivity contribution is 0.00710. The number of hydrogen-bond donors (Lipinski definition) is 1. The van der Waals surface area contributed by atoms with Crippen LogP contribution in [0.5, 0.6) is 0 Å². The zero-order chi connectivity index (χ0) is 9.26. The van der Waals surface area contributed by atoms with Crippen LogP contribution in [0.2, 0.25) is 0 Å². The minimum absolute atomic E-state index is 0.0796. The third-order valence-electron chi connectivity index (χ3n) is 2.70. The molecule has 1 aromatic rings. The molecule has 3 nitrogen and oxygen atoms in total. The van der Waals surface area contributed by atoms with Crippen LogP contribution in [0.25, 0.3) is 0 Å². The fourth-order valence-electron chi connectivity index (χ4n) is 1.70. The maximum absolute atomic E-state index is 9.14. The average molecular weight is 181 g/mol. The van der Waals surface area contributed by atoms with Crippen LogP contribution >= 0.6 is 0 Å². The molecule has 0 bridgehead atoms. The maximum Gasteiger partial charge on any atom is 0.117 e. The Labute approximate surface area is 78.0 Å². The second-order valence-electron chi connectivity index (χ2n) is 3.77. The molecule has 1 fully saturated rings. The SMILES string of the molecule is CN(Cc1ccco1)C1CC(O)C1. The Bertz CT molecular complexity index is 252. The highest BCUT2D eigenvalue weighted by Gasteiger charge is 2.30. The molecule has 0 spiro atoms. The Hall–Kier alpha value is -0.800. The van der Waals surface area contributed by atoms with Crippen molar-refractivity contribution in [3.8, 4) is 0 Å². The summed E-state index contributed by atoms with van der Waals surface area (Å²) < 4.78 is 5.25. The van der Waals surface area contributed by atoms with Crippen LogP contribution in [0.15, 0.2) is 22.8 Å². The number of furan rings is 1. The van der Waals surface area contributed by atoms with Crippen molar-refractivity contribution in [3.05, 3.63) is 24.2 Å². The highest BCUT2D eigenvalue weighted by molar-refractivity contribution is 4.99. The summed E-state index contributed by atoms with van der Waals surface area (Å²) in [6.45, 7) is 0.838. The first-order chi connectivity index (χ1) is 6.25. The van der Waals surface area contributed by atoms with Gasteiger partial charge in [0.1, 0.15) is 5.76 Å². The molecule has 1 aromatic heterocycles. The van der Waals surface area contributed by atoms with Crippen LogP contribution in [-0.2, 0) is 6.54 Å². The third kappa shape index (κ3) is 1.92. The van der Waals surface area contributed by atoms with E-state index < -0.39 is 0 Å². The van der Waals surface area contributed by atoms with E-state index in [0.717, 1.165) is 25.1 Å². The lowest BCUT2D eigenvalue weighted by Crippen LogP contribution is -2.44. The van der Waals surface area contributed by atoms with E-state index in [9.17, 15) is 0 Å². The maximum atomic E-state index is 9.14. The van der Waals surface area contributed by atoms with Crippen molar-refractivity contribution < 1.29 is 9.52 Å². The lowest BCUT2D eigenvalue weighted by atomic mass is 9.88. The summed E-state index contributed by atoms with van der Waals surface area (Å²) >= 11 is 0. The largest absolute Gasteiger partial charge is 0.468 e. The van der Waals surface area contributed by atoms with Gasteiger partial charge >= 0.3 is 0 Å². The van der Waals surface area contributed by atoms with E-state index in [-0.39, 0.29) is 6.10 Å². The molecule has 0 unspecified atom stereocenters. The summed E-state index contributed by atoms with van der Waals surface area (Å²) in [6.07, 6.45) is 3.41. The van der Waals surface area contributed by atoms with E-state index >= 15 is 0 Å². The van der Waals surface area contributed by atoms with Crippen molar-refractivity contribution in [1.29, 1.82) is 0 Å². The van der Waals surface area contributed by atoms with Crippen molar-refractivity contribution >= 4 is 0 Å².